The van der Waals surface area contributed by atoms with E-state index in [0.29, 0.717) is 6.07 Å². The Labute approximate surface area is 112 Å². The van der Waals surface area contributed by atoms with E-state index in [1.807, 2.05) is 0 Å². The van der Waals surface area contributed by atoms with E-state index in [1.165, 1.54) is 0 Å². The van der Waals surface area contributed by atoms with E-state index >= 15 is 0 Å². The molecule has 0 aliphatic carbocycles. The summed E-state index contributed by atoms with van der Waals surface area (Å²) in [5.41, 5.74) is 5.69. The molecule has 0 atom stereocenters. The van der Waals surface area contributed by atoms with Crippen molar-refractivity contribution in [2.75, 3.05) is 0 Å². The molecule has 0 heterocycles. The van der Waals surface area contributed by atoms with Crippen LogP contribution < -0.4 is 10.5 Å². The minimum absolute atomic E-state index is 0.0107. The van der Waals surface area contributed by atoms with Crippen LogP contribution in [-0.4, -0.2) is 0 Å². The summed E-state index contributed by atoms with van der Waals surface area (Å²) in [5.74, 6) is -4.01. The van der Waals surface area contributed by atoms with Crippen LogP contribution in [0.4, 0.5) is 17.6 Å². The Kier molecular flexibility index (Phi) is 4.24. The zero-order chi connectivity index (χ0) is 14.7. The molecule has 0 saturated heterocycles. The predicted molar refractivity (Wildman–Crippen MR) is 64.9 cm³/mol. The van der Waals surface area contributed by atoms with Crippen molar-refractivity contribution in [2.24, 2.45) is 5.73 Å². The first-order chi connectivity index (χ1) is 9.49. The van der Waals surface area contributed by atoms with Gasteiger partial charge >= 0.3 is 0 Å². The van der Waals surface area contributed by atoms with Crippen LogP contribution in [0.1, 0.15) is 11.1 Å². The highest BCUT2D eigenvalue weighted by Gasteiger charge is 2.13. The lowest BCUT2D eigenvalue weighted by Crippen LogP contribution is -2.04. The molecule has 0 aliphatic heterocycles. The molecule has 0 radical (unpaired) electrons. The minimum Gasteiger partial charge on any atom is -0.483 e. The summed E-state index contributed by atoms with van der Waals surface area (Å²) >= 11 is 0. The van der Waals surface area contributed by atoms with E-state index in [2.05, 4.69) is 0 Å². The lowest BCUT2D eigenvalue weighted by Gasteiger charge is -2.10. The monoisotopic (exact) mass is 285 g/mol. The van der Waals surface area contributed by atoms with Crippen molar-refractivity contribution in [3.63, 3.8) is 0 Å². The van der Waals surface area contributed by atoms with Crippen LogP contribution in [-0.2, 0) is 13.2 Å². The highest BCUT2D eigenvalue weighted by atomic mass is 19.1. The number of halogens is 4. The number of hydrogen-bond acceptors (Lipinski definition) is 2. The molecule has 20 heavy (non-hydrogen) atoms. The van der Waals surface area contributed by atoms with E-state index in [0.717, 1.165) is 24.3 Å². The quantitative estimate of drug-likeness (QED) is 0.875. The van der Waals surface area contributed by atoms with Gasteiger partial charge in [0.05, 0.1) is 0 Å². The summed E-state index contributed by atoms with van der Waals surface area (Å²) in [4.78, 5) is 0. The van der Waals surface area contributed by atoms with Crippen molar-refractivity contribution in [1.29, 1.82) is 0 Å². The van der Waals surface area contributed by atoms with Gasteiger partial charge in [0.25, 0.3) is 0 Å². The van der Waals surface area contributed by atoms with E-state index in [9.17, 15) is 17.6 Å². The minimum atomic E-state index is -0.915. The molecule has 6 heteroatoms. The third kappa shape index (κ3) is 3.27. The molecule has 2 aromatic carbocycles. The molecule has 2 nitrogen and oxygen atoms in total. The Balaban J connectivity index is 2.18. The van der Waals surface area contributed by atoms with Gasteiger partial charge in [-0.3, -0.25) is 0 Å². The highest BCUT2D eigenvalue weighted by Crippen LogP contribution is 2.24. The predicted octanol–water partition coefficient (Wildman–Crippen LogP) is 3.28. The Hall–Kier alpha value is -2.08. The van der Waals surface area contributed by atoms with Crippen LogP contribution >= 0.6 is 0 Å². The third-order valence-corrected chi connectivity index (χ3v) is 2.60. The van der Waals surface area contributed by atoms with Gasteiger partial charge < -0.3 is 10.5 Å². The van der Waals surface area contributed by atoms with Crippen molar-refractivity contribution < 1.29 is 22.3 Å². The van der Waals surface area contributed by atoms with Gasteiger partial charge in [-0.15, -0.1) is 0 Å². The van der Waals surface area contributed by atoms with Crippen LogP contribution in [0.3, 0.4) is 0 Å². The van der Waals surface area contributed by atoms with Crippen LogP contribution in [0.25, 0.3) is 0 Å². The lowest BCUT2D eigenvalue weighted by molar-refractivity contribution is 0.273. The first-order valence-electron chi connectivity index (χ1n) is 5.75. The van der Waals surface area contributed by atoms with E-state index in [-0.39, 0.29) is 24.3 Å². The fraction of sp³-hybridized carbons (Fsp3) is 0.143. The van der Waals surface area contributed by atoms with Crippen LogP contribution in [0.2, 0.25) is 0 Å². The maximum atomic E-state index is 13.6. The summed E-state index contributed by atoms with van der Waals surface area (Å²) < 4.78 is 58.0. The average molecular weight is 285 g/mol. The largest absolute Gasteiger partial charge is 0.483 e. The van der Waals surface area contributed by atoms with Crippen LogP contribution in [0.15, 0.2) is 30.3 Å². The normalized spacial score (nSPS) is 10.7. The summed E-state index contributed by atoms with van der Waals surface area (Å²) in [6, 6.07) is 4.83. The van der Waals surface area contributed by atoms with Gasteiger partial charge in [-0.05, 0) is 35.4 Å². The van der Waals surface area contributed by atoms with Gasteiger partial charge in [0.2, 0.25) is 0 Å². The summed E-state index contributed by atoms with van der Waals surface area (Å²) in [6.45, 7) is -0.367. The molecule has 2 aromatic rings. The van der Waals surface area contributed by atoms with Crippen LogP contribution in [0.5, 0.6) is 5.75 Å². The van der Waals surface area contributed by atoms with E-state index in [1.54, 1.807) is 0 Å². The van der Waals surface area contributed by atoms with Gasteiger partial charge in [0.1, 0.15) is 18.2 Å². The second kappa shape index (κ2) is 5.92. The molecule has 0 bridgehead atoms. The Bertz CT molecular complexity index is 587. The smallest absolute Gasteiger partial charge is 0.191 e. The number of hydrogen-bond donors (Lipinski definition) is 1. The third-order valence-electron chi connectivity index (χ3n) is 2.60. The highest BCUT2D eigenvalue weighted by molar-refractivity contribution is 5.31. The van der Waals surface area contributed by atoms with E-state index in [4.69, 9.17) is 10.5 Å². The molecule has 0 saturated carbocycles. The molecule has 2 rings (SSSR count). The van der Waals surface area contributed by atoms with Gasteiger partial charge in [-0.1, -0.05) is 0 Å². The number of rotatable bonds is 4. The van der Waals surface area contributed by atoms with Gasteiger partial charge in [-0.2, -0.15) is 0 Å². The SMILES string of the molecule is NCc1cc(F)c(OCc2cc(F)cc(F)c2)c(F)c1. The molecule has 0 amide bonds. The Morgan fingerprint density at radius 2 is 1.35 bits per heavy atom. The standard InChI is InChI=1S/C14H11F4NO/c15-10-1-9(2-11(16)5-10)7-20-14-12(17)3-8(6-19)4-13(14)18/h1-5H,6-7,19H2. The molecule has 2 N–H and O–H groups in total. The van der Waals surface area contributed by atoms with E-state index < -0.39 is 29.0 Å². The lowest BCUT2D eigenvalue weighted by atomic mass is 10.2. The summed E-state index contributed by atoms with van der Waals surface area (Å²) in [5, 5.41) is 0. The topological polar surface area (TPSA) is 35.2 Å². The van der Waals surface area contributed by atoms with Gasteiger partial charge in [-0.25, -0.2) is 17.6 Å². The fourth-order valence-corrected chi connectivity index (χ4v) is 1.72. The maximum Gasteiger partial charge on any atom is 0.191 e. The number of benzene rings is 2. The first-order valence-corrected chi connectivity index (χ1v) is 5.75. The Morgan fingerprint density at radius 1 is 0.800 bits per heavy atom. The second-order valence-corrected chi connectivity index (χ2v) is 4.16. The Morgan fingerprint density at radius 3 is 1.85 bits per heavy atom. The number of nitrogens with two attached hydrogens (primary N) is 1. The fourth-order valence-electron chi connectivity index (χ4n) is 1.72. The van der Waals surface area contributed by atoms with Crippen molar-refractivity contribution in [3.8, 4) is 5.75 Å². The summed E-state index contributed by atoms with van der Waals surface area (Å²) in [7, 11) is 0. The zero-order valence-electron chi connectivity index (χ0n) is 10.3. The summed E-state index contributed by atoms with van der Waals surface area (Å²) in [6.07, 6.45) is 0. The van der Waals surface area contributed by atoms with Crippen LogP contribution in [0, 0.1) is 23.3 Å². The van der Waals surface area contributed by atoms with Crippen molar-refractivity contribution in [1.82, 2.24) is 0 Å². The molecule has 106 valence electrons. The van der Waals surface area contributed by atoms with Crippen molar-refractivity contribution >= 4 is 0 Å². The van der Waals surface area contributed by atoms with Gasteiger partial charge in [0.15, 0.2) is 17.4 Å². The zero-order valence-corrected chi connectivity index (χ0v) is 10.3. The molecule has 0 fully saturated rings. The van der Waals surface area contributed by atoms with Crippen molar-refractivity contribution in [2.45, 2.75) is 13.2 Å². The molecule has 0 aliphatic rings. The number of ether oxygens (including phenoxy) is 1. The molecular formula is C14H11F4NO. The molecule has 0 aromatic heterocycles. The maximum absolute atomic E-state index is 13.6. The average Bonchev–Trinajstić information content (AvgIpc) is 2.36. The molecule has 0 spiro atoms. The second-order valence-electron chi connectivity index (χ2n) is 4.16. The van der Waals surface area contributed by atoms with Crippen molar-refractivity contribution in [3.05, 3.63) is 64.7 Å². The first kappa shape index (κ1) is 14.3. The molecular weight excluding hydrogens is 274 g/mol. The van der Waals surface area contributed by atoms with Gasteiger partial charge in [0, 0.05) is 12.6 Å². The molecule has 0 unspecified atom stereocenters.